The van der Waals surface area contributed by atoms with E-state index >= 15 is 0 Å². The number of esters is 2. The van der Waals surface area contributed by atoms with E-state index < -0.39 is 24.3 Å². The van der Waals surface area contributed by atoms with Crippen molar-refractivity contribution in [3.05, 3.63) is 122 Å². The molecule has 0 saturated carbocycles. The molecule has 0 radical (unpaired) electrons. The van der Waals surface area contributed by atoms with Crippen molar-refractivity contribution in [3.63, 3.8) is 0 Å². The number of carboxylic acids is 1. The first-order valence-corrected chi connectivity index (χ1v) is 31.7. The number of allylic oxidation sites excluding steroid dienone is 20. The molecule has 0 spiro atoms. The third kappa shape index (κ3) is 61.2. The van der Waals surface area contributed by atoms with Gasteiger partial charge in [0.05, 0.1) is 34.4 Å². The van der Waals surface area contributed by atoms with Crippen molar-refractivity contribution in [1.29, 1.82) is 0 Å². The van der Waals surface area contributed by atoms with Crippen LogP contribution in [0.25, 0.3) is 0 Å². The van der Waals surface area contributed by atoms with Gasteiger partial charge in [-0.25, -0.2) is 4.79 Å². The Morgan fingerprint density at radius 3 is 1.08 bits per heavy atom. The third-order valence-corrected chi connectivity index (χ3v) is 13.2. The topological polar surface area (TPSA) is 108 Å². The number of likely N-dealkylation sites (N-methyl/N-ethyl adjacent to an activating group) is 1. The van der Waals surface area contributed by atoms with Gasteiger partial charge in [0, 0.05) is 12.8 Å². The molecule has 0 bridgehead atoms. The van der Waals surface area contributed by atoms with E-state index in [1.807, 2.05) is 21.1 Å². The first-order valence-electron chi connectivity index (χ1n) is 31.7. The number of hydrogen-bond acceptors (Lipinski definition) is 7. The number of carbonyl (C=O) groups is 3. The Morgan fingerprint density at radius 2 is 0.722 bits per heavy atom. The standard InChI is InChI=1S/C70H117NO8/c1-6-8-10-12-14-16-18-20-22-24-26-28-30-31-32-33-34-35-36-37-39-41-43-45-47-49-51-53-55-57-59-61-68(73)79-66(65-78-70(69(74)75)76-63-62-71(3,4)5)64-77-67(72)60-58-56-54-52-50-48-46-44-42-40-38-29-27-25-23-21-19-17-15-13-11-9-7-2/h8,10,14,16,19-22,25-28,31-32,34-35,37,39,43,45,66,70H,6-7,9,11-13,15,17-18,23-24,29-30,33,36,38,40-42,44,46-65H2,1-5H3/p+1/b10-8-,16-14-,21-19-,22-20-,27-25-,28-26-,32-31-,35-34-,39-37-,45-43-. The summed E-state index contributed by atoms with van der Waals surface area (Å²) in [5.74, 6) is -2.04. The van der Waals surface area contributed by atoms with Gasteiger partial charge in [0.1, 0.15) is 13.2 Å². The maximum absolute atomic E-state index is 12.9. The van der Waals surface area contributed by atoms with Crippen molar-refractivity contribution in [3.8, 4) is 0 Å². The molecule has 0 heterocycles. The maximum Gasteiger partial charge on any atom is 0.361 e. The Hall–Kier alpha value is -4.31. The number of nitrogens with zero attached hydrogens (tertiary/aromatic N) is 1. The van der Waals surface area contributed by atoms with Crippen LogP contribution in [-0.4, -0.2) is 87.4 Å². The van der Waals surface area contributed by atoms with Crippen LogP contribution < -0.4 is 0 Å². The Balaban J connectivity index is 4.28. The van der Waals surface area contributed by atoms with Crippen molar-refractivity contribution < 1.29 is 42.9 Å². The minimum Gasteiger partial charge on any atom is -0.477 e. The van der Waals surface area contributed by atoms with E-state index in [4.69, 9.17) is 18.9 Å². The molecular weight excluding hydrogens is 983 g/mol. The van der Waals surface area contributed by atoms with Crippen molar-refractivity contribution in [2.45, 2.75) is 257 Å². The highest BCUT2D eigenvalue weighted by Crippen LogP contribution is 2.15. The average molecular weight is 1100 g/mol. The fourth-order valence-electron chi connectivity index (χ4n) is 8.35. The molecule has 0 rings (SSSR count). The lowest BCUT2D eigenvalue weighted by atomic mass is 10.0. The molecule has 0 amide bonds. The fraction of sp³-hybridized carbons (Fsp3) is 0.671. The minimum absolute atomic E-state index is 0.178. The van der Waals surface area contributed by atoms with Gasteiger partial charge in [-0.3, -0.25) is 9.59 Å². The third-order valence-electron chi connectivity index (χ3n) is 13.2. The Labute approximate surface area is 485 Å². The minimum atomic E-state index is -1.52. The molecule has 0 fully saturated rings. The molecule has 2 atom stereocenters. The van der Waals surface area contributed by atoms with E-state index in [0.29, 0.717) is 23.9 Å². The van der Waals surface area contributed by atoms with Crippen molar-refractivity contribution in [2.75, 3.05) is 47.5 Å². The summed E-state index contributed by atoms with van der Waals surface area (Å²) in [6, 6.07) is 0. The monoisotopic (exact) mass is 1100 g/mol. The molecule has 9 heteroatoms. The number of quaternary nitrogens is 1. The second kappa shape index (κ2) is 59.8. The zero-order valence-corrected chi connectivity index (χ0v) is 51.2. The van der Waals surface area contributed by atoms with Gasteiger partial charge in [-0.15, -0.1) is 0 Å². The van der Waals surface area contributed by atoms with Crippen LogP contribution in [0.1, 0.15) is 245 Å². The summed E-state index contributed by atoms with van der Waals surface area (Å²) in [5.41, 5.74) is 0. The Morgan fingerprint density at radius 1 is 0.392 bits per heavy atom. The van der Waals surface area contributed by atoms with E-state index in [0.717, 1.165) is 116 Å². The predicted molar refractivity (Wildman–Crippen MR) is 336 cm³/mol. The van der Waals surface area contributed by atoms with Gasteiger partial charge in [0.2, 0.25) is 0 Å². The van der Waals surface area contributed by atoms with Crippen molar-refractivity contribution in [2.24, 2.45) is 0 Å². The highest BCUT2D eigenvalue weighted by atomic mass is 16.7. The highest BCUT2D eigenvalue weighted by Gasteiger charge is 2.25. The lowest BCUT2D eigenvalue weighted by Gasteiger charge is -2.25. The molecule has 9 nitrogen and oxygen atoms in total. The number of hydrogen-bond donors (Lipinski definition) is 1. The average Bonchev–Trinajstić information content (AvgIpc) is 3.42. The Kier molecular flexibility index (Phi) is 56.5. The summed E-state index contributed by atoms with van der Waals surface area (Å²) in [4.78, 5) is 37.5. The second-order valence-electron chi connectivity index (χ2n) is 22.0. The summed E-state index contributed by atoms with van der Waals surface area (Å²) >= 11 is 0. The van der Waals surface area contributed by atoms with Gasteiger partial charge >= 0.3 is 17.9 Å². The van der Waals surface area contributed by atoms with E-state index in [1.165, 1.54) is 96.3 Å². The maximum atomic E-state index is 12.9. The number of ether oxygens (including phenoxy) is 4. The van der Waals surface area contributed by atoms with E-state index in [2.05, 4.69) is 135 Å². The zero-order chi connectivity index (χ0) is 57.6. The Bertz CT molecular complexity index is 1710. The van der Waals surface area contributed by atoms with Gasteiger partial charge in [0.25, 0.3) is 6.29 Å². The molecule has 0 aliphatic carbocycles. The highest BCUT2D eigenvalue weighted by molar-refractivity contribution is 5.71. The van der Waals surface area contributed by atoms with Crippen LogP contribution in [0, 0.1) is 0 Å². The molecule has 79 heavy (non-hydrogen) atoms. The lowest BCUT2D eigenvalue weighted by molar-refractivity contribution is -0.870. The molecule has 0 aromatic carbocycles. The molecule has 0 aromatic rings. The summed E-state index contributed by atoms with van der Waals surface area (Å²) in [6.45, 7) is 4.73. The number of unbranched alkanes of at least 4 members (excludes halogenated alkanes) is 22. The van der Waals surface area contributed by atoms with Gasteiger partial charge in [-0.1, -0.05) is 245 Å². The number of carbonyl (C=O) groups excluding carboxylic acids is 2. The molecule has 0 aliphatic heterocycles. The molecular formula is C70H118NO8+. The normalized spacial score (nSPS) is 13.6. The van der Waals surface area contributed by atoms with E-state index in [1.54, 1.807) is 0 Å². The molecule has 0 aliphatic rings. The zero-order valence-electron chi connectivity index (χ0n) is 51.2. The van der Waals surface area contributed by atoms with Crippen LogP contribution >= 0.6 is 0 Å². The molecule has 450 valence electrons. The van der Waals surface area contributed by atoms with Crippen molar-refractivity contribution >= 4 is 17.9 Å². The van der Waals surface area contributed by atoms with E-state index in [9.17, 15) is 19.5 Å². The van der Waals surface area contributed by atoms with Crippen LogP contribution in [0.3, 0.4) is 0 Å². The first kappa shape index (κ1) is 74.7. The number of carboxylic acid groups (broad SMARTS) is 1. The van der Waals surface area contributed by atoms with Crippen LogP contribution in [0.4, 0.5) is 0 Å². The van der Waals surface area contributed by atoms with Gasteiger partial charge < -0.3 is 28.5 Å². The largest absolute Gasteiger partial charge is 0.477 e. The van der Waals surface area contributed by atoms with Gasteiger partial charge in [-0.2, -0.15) is 0 Å². The summed E-state index contributed by atoms with van der Waals surface area (Å²) in [7, 11) is 5.96. The summed E-state index contributed by atoms with van der Waals surface area (Å²) in [5, 5.41) is 9.72. The quantitative estimate of drug-likeness (QED) is 0.0211. The second-order valence-corrected chi connectivity index (χ2v) is 22.0. The summed E-state index contributed by atoms with van der Waals surface area (Å²) in [6.07, 6.45) is 81.4. The molecule has 2 unspecified atom stereocenters. The van der Waals surface area contributed by atoms with Crippen LogP contribution in [0.5, 0.6) is 0 Å². The first-order chi connectivity index (χ1) is 38.6. The van der Waals surface area contributed by atoms with Crippen LogP contribution in [-0.2, 0) is 33.3 Å². The number of aliphatic carboxylic acids is 1. The van der Waals surface area contributed by atoms with Crippen LogP contribution in [0.15, 0.2) is 122 Å². The van der Waals surface area contributed by atoms with Crippen molar-refractivity contribution in [1.82, 2.24) is 0 Å². The van der Waals surface area contributed by atoms with Gasteiger partial charge in [0.15, 0.2) is 6.10 Å². The lowest BCUT2D eigenvalue weighted by Crippen LogP contribution is -2.40. The smallest absolute Gasteiger partial charge is 0.361 e. The molecule has 0 aromatic heterocycles. The number of rotatable bonds is 57. The SMILES string of the molecule is CC/C=C\C/C=C\C/C=C\C/C=C\C/C=C\C/C=C\C/C=C\C/C=C\CCCCCCCCC(=O)OC(COC(=O)CCCCCCCCCCCCC/C=C\C/C=C\CCCCCCC)COC(OCC[N+](C)(C)C)C(=O)O. The summed E-state index contributed by atoms with van der Waals surface area (Å²) < 4.78 is 22.9. The molecule has 0 saturated heterocycles. The van der Waals surface area contributed by atoms with Gasteiger partial charge in [-0.05, 0) is 109 Å². The predicted octanol–water partition coefficient (Wildman–Crippen LogP) is 19.2. The van der Waals surface area contributed by atoms with Crippen LogP contribution in [0.2, 0.25) is 0 Å². The molecule has 1 N–H and O–H groups in total. The fourth-order valence-corrected chi connectivity index (χ4v) is 8.35. The van der Waals surface area contributed by atoms with E-state index in [-0.39, 0.29) is 32.2 Å².